The molecule has 1 fully saturated rings. The maximum atomic E-state index is 11.3. The Morgan fingerprint density at radius 2 is 2.50 bits per heavy atom. The summed E-state index contributed by atoms with van der Waals surface area (Å²) in [5, 5.41) is 9.04. The van der Waals surface area contributed by atoms with Gasteiger partial charge in [-0.05, 0) is 0 Å². The first-order chi connectivity index (χ1) is 6.72. The summed E-state index contributed by atoms with van der Waals surface area (Å²) in [5.41, 5.74) is 0.762. The highest BCUT2D eigenvalue weighted by Gasteiger charge is 2.28. The predicted molar refractivity (Wildman–Crippen MR) is 49.4 cm³/mol. The molecule has 1 aromatic rings. The highest BCUT2D eigenvalue weighted by atomic mass is 16.3. The van der Waals surface area contributed by atoms with E-state index in [4.69, 9.17) is 5.11 Å². The molecular formula is C9H13N3O2. The van der Waals surface area contributed by atoms with Crippen LogP contribution in [0.25, 0.3) is 0 Å². The Labute approximate surface area is 82.0 Å². The minimum absolute atomic E-state index is 0.0333. The molecule has 1 aromatic heterocycles. The van der Waals surface area contributed by atoms with Crippen molar-refractivity contribution in [3.8, 4) is 0 Å². The zero-order chi connectivity index (χ0) is 10.1. The van der Waals surface area contributed by atoms with Gasteiger partial charge in [0.15, 0.2) is 0 Å². The highest BCUT2D eigenvalue weighted by molar-refractivity contribution is 5.78. The van der Waals surface area contributed by atoms with Crippen LogP contribution in [0, 0.1) is 0 Å². The lowest BCUT2D eigenvalue weighted by atomic mass is 10.2. The fourth-order valence-corrected chi connectivity index (χ4v) is 1.81. The number of aliphatic hydroxyl groups excluding tert-OH is 1. The molecule has 1 N–H and O–H groups in total. The normalized spacial score (nSPS) is 22.0. The SMILES string of the molecule is CN1CC(n2cncc2CO)CC1=O. The van der Waals surface area contributed by atoms with Crippen LogP contribution in [-0.4, -0.2) is 39.1 Å². The van der Waals surface area contributed by atoms with Crippen LogP contribution in [0.1, 0.15) is 18.2 Å². The van der Waals surface area contributed by atoms with E-state index in [0.29, 0.717) is 13.0 Å². The van der Waals surface area contributed by atoms with Gasteiger partial charge in [0.2, 0.25) is 5.91 Å². The molecule has 1 amide bonds. The summed E-state index contributed by atoms with van der Waals surface area (Å²) in [4.78, 5) is 17.0. The van der Waals surface area contributed by atoms with Crippen molar-refractivity contribution in [1.29, 1.82) is 0 Å². The maximum Gasteiger partial charge on any atom is 0.224 e. The van der Waals surface area contributed by atoms with Gasteiger partial charge in [0.25, 0.3) is 0 Å². The van der Waals surface area contributed by atoms with E-state index in [-0.39, 0.29) is 18.6 Å². The molecule has 76 valence electrons. The second kappa shape index (κ2) is 3.42. The number of carbonyl (C=O) groups is 1. The number of likely N-dealkylation sites (N-methyl/N-ethyl adjacent to an activating group) is 1. The van der Waals surface area contributed by atoms with Gasteiger partial charge < -0.3 is 14.6 Å². The monoisotopic (exact) mass is 195 g/mol. The molecule has 0 radical (unpaired) electrons. The molecular weight excluding hydrogens is 182 g/mol. The number of rotatable bonds is 2. The molecule has 1 saturated heterocycles. The van der Waals surface area contributed by atoms with Gasteiger partial charge in [-0.25, -0.2) is 4.98 Å². The highest BCUT2D eigenvalue weighted by Crippen LogP contribution is 2.22. The van der Waals surface area contributed by atoms with Crippen LogP contribution in [-0.2, 0) is 11.4 Å². The standard InChI is InChI=1S/C9H13N3O2/c1-11-4-7(2-9(11)14)12-6-10-3-8(12)5-13/h3,6-7,13H,2,4-5H2,1H3. The van der Waals surface area contributed by atoms with Crippen LogP contribution in [0.15, 0.2) is 12.5 Å². The van der Waals surface area contributed by atoms with E-state index in [9.17, 15) is 4.79 Å². The first-order valence-corrected chi connectivity index (χ1v) is 4.58. The van der Waals surface area contributed by atoms with E-state index in [1.54, 1.807) is 24.5 Å². The first kappa shape index (κ1) is 9.21. The van der Waals surface area contributed by atoms with E-state index >= 15 is 0 Å². The molecule has 0 saturated carbocycles. The number of aromatic nitrogens is 2. The van der Waals surface area contributed by atoms with Crippen molar-refractivity contribution >= 4 is 5.91 Å². The van der Waals surface area contributed by atoms with E-state index in [0.717, 1.165) is 5.69 Å². The van der Waals surface area contributed by atoms with Gasteiger partial charge in [-0.2, -0.15) is 0 Å². The van der Waals surface area contributed by atoms with Gasteiger partial charge in [0, 0.05) is 20.0 Å². The fraction of sp³-hybridized carbons (Fsp3) is 0.556. The number of aliphatic hydroxyl groups is 1. The van der Waals surface area contributed by atoms with Crippen LogP contribution >= 0.6 is 0 Å². The first-order valence-electron chi connectivity index (χ1n) is 4.58. The molecule has 1 aliphatic rings. The average molecular weight is 195 g/mol. The number of amides is 1. The lowest BCUT2D eigenvalue weighted by molar-refractivity contribution is -0.126. The Bertz CT molecular complexity index is 348. The van der Waals surface area contributed by atoms with Crippen molar-refractivity contribution < 1.29 is 9.90 Å². The largest absolute Gasteiger partial charge is 0.390 e. The molecule has 5 nitrogen and oxygen atoms in total. The van der Waals surface area contributed by atoms with E-state index in [1.807, 2.05) is 4.57 Å². The van der Waals surface area contributed by atoms with Gasteiger partial charge in [-0.3, -0.25) is 4.79 Å². The Hall–Kier alpha value is -1.36. The molecule has 5 heteroatoms. The van der Waals surface area contributed by atoms with Gasteiger partial charge >= 0.3 is 0 Å². The van der Waals surface area contributed by atoms with Crippen molar-refractivity contribution in [2.24, 2.45) is 0 Å². The smallest absolute Gasteiger partial charge is 0.224 e. The summed E-state index contributed by atoms with van der Waals surface area (Å²) in [6.07, 6.45) is 3.80. The summed E-state index contributed by atoms with van der Waals surface area (Å²) in [6.45, 7) is 0.663. The summed E-state index contributed by atoms with van der Waals surface area (Å²) >= 11 is 0. The topological polar surface area (TPSA) is 58.4 Å². The third kappa shape index (κ3) is 1.39. The molecule has 0 aliphatic carbocycles. The minimum Gasteiger partial charge on any atom is -0.390 e. The number of hydrogen-bond donors (Lipinski definition) is 1. The van der Waals surface area contributed by atoms with Crippen molar-refractivity contribution in [2.75, 3.05) is 13.6 Å². The summed E-state index contributed by atoms with van der Waals surface area (Å²) in [5.74, 6) is 0.146. The maximum absolute atomic E-state index is 11.3. The molecule has 2 rings (SSSR count). The number of nitrogens with zero attached hydrogens (tertiary/aromatic N) is 3. The molecule has 1 unspecified atom stereocenters. The van der Waals surface area contributed by atoms with Gasteiger partial charge in [-0.1, -0.05) is 0 Å². The zero-order valence-corrected chi connectivity index (χ0v) is 8.05. The van der Waals surface area contributed by atoms with Crippen LogP contribution in [0.4, 0.5) is 0 Å². The summed E-state index contributed by atoms with van der Waals surface area (Å²) in [6, 6.07) is 0.122. The van der Waals surface area contributed by atoms with Crippen molar-refractivity contribution in [3.63, 3.8) is 0 Å². The third-order valence-electron chi connectivity index (χ3n) is 2.62. The lowest BCUT2D eigenvalue weighted by Gasteiger charge is -2.13. The van der Waals surface area contributed by atoms with E-state index < -0.39 is 0 Å². The molecule has 2 heterocycles. The van der Waals surface area contributed by atoms with Crippen LogP contribution < -0.4 is 0 Å². The lowest BCUT2D eigenvalue weighted by Crippen LogP contribution is -2.20. The molecule has 0 bridgehead atoms. The Morgan fingerprint density at radius 3 is 3.07 bits per heavy atom. The van der Waals surface area contributed by atoms with E-state index in [2.05, 4.69) is 4.98 Å². The molecule has 0 spiro atoms. The number of likely N-dealkylation sites (tertiary alicyclic amines) is 1. The minimum atomic E-state index is -0.0333. The Kier molecular flexibility index (Phi) is 2.25. The van der Waals surface area contributed by atoms with Crippen molar-refractivity contribution in [3.05, 3.63) is 18.2 Å². The van der Waals surface area contributed by atoms with Crippen molar-refractivity contribution in [1.82, 2.24) is 14.5 Å². The average Bonchev–Trinajstić information content (AvgIpc) is 2.73. The summed E-state index contributed by atoms with van der Waals surface area (Å²) in [7, 11) is 1.79. The molecule has 0 aromatic carbocycles. The van der Waals surface area contributed by atoms with Gasteiger partial charge in [0.1, 0.15) is 0 Å². The fourth-order valence-electron chi connectivity index (χ4n) is 1.81. The third-order valence-corrected chi connectivity index (χ3v) is 2.62. The zero-order valence-electron chi connectivity index (χ0n) is 8.05. The molecule has 14 heavy (non-hydrogen) atoms. The van der Waals surface area contributed by atoms with E-state index in [1.165, 1.54) is 0 Å². The van der Waals surface area contributed by atoms with Gasteiger partial charge in [0.05, 0.1) is 30.9 Å². The Balaban J connectivity index is 2.20. The second-order valence-corrected chi connectivity index (χ2v) is 3.58. The van der Waals surface area contributed by atoms with Gasteiger partial charge in [-0.15, -0.1) is 0 Å². The quantitative estimate of drug-likeness (QED) is 0.709. The summed E-state index contributed by atoms with van der Waals surface area (Å²) < 4.78 is 1.88. The second-order valence-electron chi connectivity index (χ2n) is 3.58. The molecule has 1 aliphatic heterocycles. The number of hydrogen-bond acceptors (Lipinski definition) is 3. The number of carbonyl (C=O) groups excluding carboxylic acids is 1. The predicted octanol–water partition coefficient (Wildman–Crippen LogP) is -0.221. The Morgan fingerprint density at radius 1 is 1.71 bits per heavy atom. The van der Waals surface area contributed by atoms with Crippen LogP contribution in [0.5, 0.6) is 0 Å². The number of imidazole rings is 1. The van der Waals surface area contributed by atoms with Crippen LogP contribution in [0.3, 0.4) is 0 Å². The van der Waals surface area contributed by atoms with Crippen LogP contribution in [0.2, 0.25) is 0 Å². The van der Waals surface area contributed by atoms with Crippen molar-refractivity contribution in [2.45, 2.75) is 19.1 Å². The molecule has 1 atom stereocenters.